The summed E-state index contributed by atoms with van der Waals surface area (Å²) in [4.78, 5) is 0. The second-order valence-corrected chi connectivity index (χ2v) is 4.43. The van der Waals surface area contributed by atoms with Crippen molar-refractivity contribution in [3.05, 3.63) is 73.1 Å². The number of allylic oxidation sites excluding steroid dienone is 5. The Morgan fingerprint density at radius 3 is 2.08 bits per heavy atom. The Kier molecular flexibility index (Phi) is 15.2. The van der Waals surface area contributed by atoms with Crippen LogP contribution in [-0.2, 0) is 6.42 Å². The van der Waals surface area contributed by atoms with Crippen molar-refractivity contribution in [3.63, 3.8) is 0 Å². The molecule has 1 aliphatic rings. The summed E-state index contributed by atoms with van der Waals surface area (Å²) < 4.78 is 2.13. The molecule has 138 valence electrons. The first kappa shape index (κ1) is 25.0. The SMILES string of the molecule is C=C/C=C\C(=C)n1c(C=C)c(C=C)c2c1C=CCC2.CC.CC.CC. The van der Waals surface area contributed by atoms with Crippen LogP contribution in [0.1, 0.15) is 70.5 Å². The van der Waals surface area contributed by atoms with E-state index in [-0.39, 0.29) is 0 Å². The Labute approximate surface area is 156 Å². The van der Waals surface area contributed by atoms with Crippen molar-refractivity contribution >= 4 is 23.9 Å². The van der Waals surface area contributed by atoms with Gasteiger partial charge in [-0.25, -0.2) is 0 Å². The molecule has 25 heavy (non-hydrogen) atoms. The summed E-state index contributed by atoms with van der Waals surface area (Å²) in [6, 6.07) is 0. The second-order valence-electron chi connectivity index (χ2n) is 4.43. The van der Waals surface area contributed by atoms with Gasteiger partial charge < -0.3 is 4.57 Å². The number of hydrogen-bond acceptors (Lipinski definition) is 0. The molecule has 0 bridgehead atoms. The van der Waals surface area contributed by atoms with Crippen LogP contribution >= 0.6 is 0 Å². The number of hydrogen-bond donors (Lipinski definition) is 0. The van der Waals surface area contributed by atoms with Gasteiger partial charge in [-0.3, -0.25) is 0 Å². The average molecular weight is 340 g/mol. The van der Waals surface area contributed by atoms with E-state index in [1.54, 1.807) is 6.08 Å². The Hall–Kier alpha value is -2.28. The molecule has 1 nitrogen and oxygen atoms in total. The van der Waals surface area contributed by atoms with Gasteiger partial charge in [0.2, 0.25) is 0 Å². The minimum atomic E-state index is 0.908. The quantitative estimate of drug-likeness (QED) is 0.478. The van der Waals surface area contributed by atoms with Crippen molar-refractivity contribution in [2.45, 2.75) is 54.4 Å². The molecule has 0 aliphatic heterocycles. The molecule has 2 rings (SSSR count). The van der Waals surface area contributed by atoms with Crippen molar-refractivity contribution in [1.29, 1.82) is 0 Å². The molecule has 0 saturated carbocycles. The average Bonchev–Trinajstić information content (AvgIpc) is 3.04. The summed E-state index contributed by atoms with van der Waals surface area (Å²) >= 11 is 0. The standard InChI is InChI=1S/C18H19N.3C2H6/c1-5-8-11-14(4)19-17(7-3)15(6-2)16-12-9-10-13-18(16)19;3*1-2/h5-8,10-11,13H,1-4,9,12H2;3*1-2H3/b11-8-;;;. The first-order valence-electron chi connectivity index (χ1n) is 9.42. The van der Waals surface area contributed by atoms with E-state index in [0.717, 1.165) is 24.2 Å². The van der Waals surface area contributed by atoms with Crippen LogP contribution in [0.2, 0.25) is 0 Å². The molecule has 0 amide bonds. The zero-order valence-electron chi connectivity index (χ0n) is 17.2. The lowest BCUT2D eigenvalue weighted by atomic mass is 9.99. The van der Waals surface area contributed by atoms with Crippen LogP contribution in [-0.4, -0.2) is 4.57 Å². The van der Waals surface area contributed by atoms with Crippen molar-refractivity contribution in [2.75, 3.05) is 0 Å². The molecule has 0 aromatic carbocycles. The highest BCUT2D eigenvalue weighted by atomic mass is 15.0. The lowest BCUT2D eigenvalue weighted by Crippen LogP contribution is -2.01. The molecular formula is C24H37N. The predicted molar refractivity (Wildman–Crippen MR) is 121 cm³/mol. The Bertz CT molecular complexity index is 607. The molecule has 0 fully saturated rings. The van der Waals surface area contributed by atoms with Gasteiger partial charge in [0.1, 0.15) is 0 Å². The summed E-state index contributed by atoms with van der Waals surface area (Å²) in [5, 5.41) is 0. The van der Waals surface area contributed by atoms with Crippen molar-refractivity contribution in [2.24, 2.45) is 0 Å². The van der Waals surface area contributed by atoms with E-state index >= 15 is 0 Å². The predicted octanol–water partition coefficient (Wildman–Crippen LogP) is 8.03. The van der Waals surface area contributed by atoms with Gasteiger partial charge in [0.05, 0.1) is 5.69 Å². The Balaban J connectivity index is 0. The lowest BCUT2D eigenvalue weighted by Gasteiger charge is -2.12. The first-order valence-corrected chi connectivity index (χ1v) is 9.42. The van der Waals surface area contributed by atoms with Crippen molar-refractivity contribution in [3.8, 4) is 0 Å². The summed E-state index contributed by atoms with van der Waals surface area (Å²) in [6.07, 6.45) is 15.8. The Morgan fingerprint density at radius 2 is 1.60 bits per heavy atom. The minimum absolute atomic E-state index is 0.908. The van der Waals surface area contributed by atoms with Crippen molar-refractivity contribution in [1.82, 2.24) is 4.57 Å². The highest BCUT2D eigenvalue weighted by molar-refractivity contribution is 5.77. The Morgan fingerprint density at radius 1 is 1.00 bits per heavy atom. The maximum absolute atomic E-state index is 4.14. The molecule has 1 heteroatoms. The molecule has 0 N–H and O–H groups in total. The topological polar surface area (TPSA) is 4.93 Å². The minimum Gasteiger partial charge on any atom is -0.310 e. The highest BCUT2D eigenvalue weighted by Crippen LogP contribution is 2.33. The van der Waals surface area contributed by atoms with Crippen LogP contribution in [0.4, 0.5) is 0 Å². The smallest absolute Gasteiger partial charge is 0.0531 e. The maximum Gasteiger partial charge on any atom is 0.0531 e. The van der Waals surface area contributed by atoms with Gasteiger partial charge >= 0.3 is 0 Å². The second kappa shape index (κ2) is 15.3. The largest absolute Gasteiger partial charge is 0.310 e. The molecule has 1 aromatic rings. The maximum atomic E-state index is 4.14. The molecule has 0 spiro atoms. The van der Waals surface area contributed by atoms with E-state index < -0.39 is 0 Å². The first-order chi connectivity index (χ1) is 12.2. The zero-order valence-corrected chi connectivity index (χ0v) is 17.2. The molecule has 1 heterocycles. The van der Waals surface area contributed by atoms with Gasteiger partial charge in [-0.05, 0) is 36.6 Å². The van der Waals surface area contributed by atoms with Gasteiger partial charge in [-0.2, -0.15) is 0 Å². The summed E-state index contributed by atoms with van der Waals surface area (Å²) in [6.45, 7) is 27.7. The van der Waals surface area contributed by atoms with Crippen LogP contribution < -0.4 is 0 Å². The van der Waals surface area contributed by atoms with Crippen LogP contribution in [0, 0.1) is 0 Å². The molecular weight excluding hydrogens is 302 g/mol. The molecule has 0 radical (unpaired) electrons. The van der Waals surface area contributed by atoms with Gasteiger partial charge in [0.15, 0.2) is 0 Å². The molecule has 1 aromatic heterocycles. The number of aromatic nitrogens is 1. The number of nitrogens with zero attached hydrogens (tertiary/aromatic N) is 1. The van der Waals surface area contributed by atoms with Crippen LogP contribution in [0.3, 0.4) is 0 Å². The lowest BCUT2D eigenvalue weighted by molar-refractivity contribution is 0.965. The normalized spacial score (nSPS) is 10.8. The molecule has 0 atom stereocenters. The molecule has 0 unspecified atom stereocenters. The van der Waals surface area contributed by atoms with E-state index in [4.69, 9.17) is 0 Å². The number of rotatable bonds is 5. The third-order valence-corrected chi connectivity index (χ3v) is 3.34. The third-order valence-electron chi connectivity index (χ3n) is 3.34. The van der Waals surface area contributed by atoms with Crippen LogP contribution in [0.5, 0.6) is 0 Å². The fourth-order valence-corrected chi connectivity index (χ4v) is 2.53. The summed E-state index contributed by atoms with van der Waals surface area (Å²) in [5.74, 6) is 0. The fourth-order valence-electron chi connectivity index (χ4n) is 2.53. The van der Waals surface area contributed by atoms with E-state index in [1.165, 1.54) is 16.8 Å². The summed E-state index contributed by atoms with van der Waals surface area (Å²) in [7, 11) is 0. The molecule has 0 saturated heterocycles. The van der Waals surface area contributed by atoms with Crippen LogP contribution in [0.15, 0.2) is 50.6 Å². The van der Waals surface area contributed by atoms with E-state index in [9.17, 15) is 0 Å². The summed E-state index contributed by atoms with van der Waals surface area (Å²) in [5.41, 5.74) is 5.66. The zero-order chi connectivity index (χ0) is 19.8. The van der Waals surface area contributed by atoms with Gasteiger partial charge in [-0.1, -0.05) is 92.2 Å². The number of fused-ring (bicyclic) bond motifs is 1. The monoisotopic (exact) mass is 339 g/mol. The van der Waals surface area contributed by atoms with Gasteiger partial charge in [0, 0.05) is 17.0 Å². The highest BCUT2D eigenvalue weighted by Gasteiger charge is 2.19. The van der Waals surface area contributed by atoms with Gasteiger partial charge in [0.25, 0.3) is 0 Å². The van der Waals surface area contributed by atoms with E-state index in [2.05, 4.69) is 43.0 Å². The van der Waals surface area contributed by atoms with E-state index in [0.29, 0.717) is 0 Å². The van der Waals surface area contributed by atoms with Crippen LogP contribution in [0.25, 0.3) is 23.9 Å². The van der Waals surface area contributed by atoms with Gasteiger partial charge in [-0.15, -0.1) is 0 Å². The van der Waals surface area contributed by atoms with E-state index in [1.807, 2.05) is 65.8 Å². The van der Waals surface area contributed by atoms with Crippen molar-refractivity contribution < 1.29 is 0 Å². The molecule has 1 aliphatic carbocycles. The third kappa shape index (κ3) is 6.26. The fraction of sp³-hybridized carbons (Fsp3) is 0.333.